The molecular weight excluding hydrogens is 372 g/mol. The molecule has 1 saturated carbocycles. The van der Waals surface area contributed by atoms with E-state index in [9.17, 15) is 13.6 Å². The molecule has 0 spiro atoms. The molecule has 0 amide bonds. The zero-order valence-electron chi connectivity index (χ0n) is 15.0. The number of thioether (sulfide) groups is 1. The van der Waals surface area contributed by atoms with Crippen molar-refractivity contribution in [1.82, 2.24) is 4.98 Å². The molecule has 0 bridgehead atoms. The van der Waals surface area contributed by atoms with Crippen molar-refractivity contribution >= 4 is 17.7 Å². The highest BCUT2D eigenvalue weighted by Gasteiger charge is 2.44. The summed E-state index contributed by atoms with van der Waals surface area (Å²) in [5.41, 5.74) is 1.14. The quantitative estimate of drug-likeness (QED) is 0.479. The van der Waals surface area contributed by atoms with Crippen LogP contribution in [0, 0.1) is 17.6 Å². The van der Waals surface area contributed by atoms with Crippen molar-refractivity contribution in [3.05, 3.63) is 53.2 Å². The first-order chi connectivity index (χ1) is 13.0. The van der Waals surface area contributed by atoms with E-state index in [0.29, 0.717) is 12.0 Å². The van der Waals surface area contributed by atoms with Gasteiger partial charge in [0.1, 0.15) is 11.6 Å². The second-order valence-electron chi connectivity index (χ2n) is 6.56. The summed E-state index contributed by atoms with van der Waals surface area (Å²) in [5, 5.41) is 9.77. The number of ether oxygens (including phenoxy) is 1. The highest BCUT2D eigenvalue weighted by Crippen LogP contribution is 2.48. The average molecular weight is 393 g/mol. The van der Waals surface area contributed by atoms with Crippen molar-refractivity contribution in [2.45, 2.75) is 43.7 Å². The largest absolute Gasteiger partial charge is 0.483 e. The number of carboxylic acid groups (broad SMARTS) is 1. The van der Waals surface area contributed by atoms with Gasteiger partial charge in [0, 0.05) is 11.8 Å². The van der Waals surface area contributed by atoms with Gasteiger partial charge in [-0.05, 0) is 48.3 Å². The zero-order chi connectivity index (χ0) is 19.4. The number of benzene rings is 1. The molecule has 0 saturated heterocycles. The molecule has 1 aromatic heterocycles. The summed E-state index contributed by atoms with van der Waals surface area (Å²) >= 11 is 1.60. The van der Waals surface area contributed by atoms with Crippen molar-refractivity contribution in [2.24, 2.45) is 5.92 Å². The second-order valence-corrected chi connectivity index (χ2v) is 7.64. The number of carbonyl (C=O) groups is 1. The lowest BCUT2D eigenvalue weighted by atomic mass is 10.1. The summed E-state index contributed by atoms with van der Waals surface area (Å²) < 4.78 is 34.1. The maximum atomic E-state index is 14.3. The van der Waals surface area contributed by atoms with Crippen molar-refractivity contribution in [1.29, 1.82) is 0 Å². The number of carboxylic acids is 1. The summed E-state index contributed by atoms with van der Waals surface area (Å²) in [4.78, 5) is 15.3. The summed E-state index contributed by atoms with van der Waals surface area (Å²) in [6.45, 7) is 2.12. The van der Waals surface area contributed by atoms with E-state index in [2.05, 4.69) is 11.9 Å². The fourth-order valence-corrected chi connectivity index (χ4v) is 3.97. The van der Waals surface area contributed by atoms with E-state index in [-0.39, 0.29) is 12.5 Å². The maximum Gasteiger partial charge on any atom is 0.307 e. The number of nitrogens with zero attached hydrogens (tertiary/aromatic N) is 1. The van der Waals surface area contributed by atoms with Crippen LogP contribution in [-0.2, 0) is 11.4 Å². The summed E-state index contributed by atoms with van der Waals surface area (Å²) in [7, 11) is 0. The number of unbranched alkanes of at least 4 members (excludes halogenated alkanes) is 1. The Morgan fingerprint density at radius 3 is 2.74 bits per heavy atom. The number of aromatic nitrogens is 1. The number of hydrogen-bond donors (Lipinski definition) is 1. The Kier molecular flexibility index (Phi) is 6.31. The third kappa shape index (κ3) is 4.77. The van der Waals surface area contributed by atoms with E-state index >= 15 is 0 Å². The van der Waals surface area contributed by atoms with Gasteiger partial charge in [0.15, 0.2) is 17.4 Å². The lowest BCUT2D eigenvalue weighted by molar-refractivity contribution is -0.138. The van der Waals surface area contributed by atoms with Crippen LogP contribution in [-0.4, -0.2) is 21.8 Å². The van der Waals surface area contributed by atoms with Crippen LogP contribution < -0.4 is 4.74 Å². The first-order valence-corrected chi connectivity index (χ1v) is 9.91. The molecule has 1 fully saturated rings. The molecule has 1 aliphatic carbocycles. The van der Waals surface area contributed by atoms with Crippen LogP contribution >= 0.6 is 11.8 Å². The topological polar surface area (TPSA) is 59.4 Å². The molecule has 1 N–H and O–H groups in total. The van der Waals surface area contributed by atoms with Crippen LogP contribution in [0.4, 0.5) is 8.78 Å². The molecule has 0 aliphatic heterocycles. The number of rotatable bonds is 9. The van der Waals surface area contributed by atoms with Gasteiger partial charge in [0.05, 0.1) is 5.92 Å². The molecule has 4 nitrogen and oxygen atoms in total. The van der Waals surface area contributed by atoms with Gasteiger partial charge in [-0.25, -0.2) is 13.8 Å². The Labute approximate surface area is 161 Å². The predicted octanol–water partition coefficient (Wildman–Crippen LogP) is 5.02. The Morgan fingerprint density at radius 1 is 1.37 bits per heavy atom. The van der Waals surface area contributed by atoms with Crippen molar-refractivity contribution < 1.29 is 23.4 Å². The Bertz CT molecular complexity index is 808. The van der Waals surface area contributed by atoms with Crippen LogP contribution in [0.1, 0.15) is 43.2 Å². The van der Waals surface area contributed by atoms with Gasteiger partial charge in [0.2, 0.25) is 0 Å². The van der Waals surface area contributed by atoms with Gasteiger partial charge in [-0.2, -0.15) is 0 Å². The molecule has 1 heterocycles. The molecule has 7 heteroatoms. The van der Waals surface area contributed by atoms with E-state index in [1.165, 1.54) is 12.1 Å². The predicted molar refractivity (Wildman–Crippen MR) is 99.0 cm³/mol. The molecular formula is C20H21F2NO3S. The average Bonchev–Trinajstić information content (AvgIpc) is 3.43. The molecule has 144 valence electrons. The molecule has 1 aromatic carbocycles. The van der Waals surface area contributed by atoms with E-state index in [4.69, 9.17) is 9.84 Å². The van der Waals surface area contributed by atoms with Crippen LogP contribution in [0.5, 0.6) is 5.75 Å². The van der Waals surface area contributed by atoms with Crippen molar-refractivity contribution in [3.63, 3.8) is 0 Å². The minimum absolute atomic E-state index is 0.0106. The highest BCUT2D eigenvalue weighted by molar-refractivity contribution is 7.99. The fourth-order valence-electron chi connectivity index (χ4n) is 2.89. The maximum absolute atomic E-state index is 14.3. The SMILES string of the molecule is CCCCSc1ncccc1COc1c(F)cc(C2CC2C(=O)O)cc1F. The number of hydrogen-bond acceptors (Lipinski definition) is 4. The third-order valence-electron chi connectivity index (χ3n) is 4.52. The van der Waals surface area contributed by atoms with Crippen LogP contribution in [0.2, 0.25) is 0 Å². The lowest BCUT2D eigenvalue weighted by Crippen LogP contribution is -2.04. The van der Waals surface area contributed by atoms with Gasteiger partial charge in [0.25, 0.3) is 0 Å². The molecule has 2 unspecified atom stereocenters. The molecule has 1 aliphatic rings. The lowest BCUT2D eigenvalue weighted by Gasteiger charge is -2.12. The second kappa shape index (κ2) is 8.69. The van der Waals surface area contributed by atoms with Gasteiger partial charge in [-0.1, -0.05) is 19.4 Å². The molecule has 27 heavy (non-hydrogen) atoms. The molecule has 3 rings (SSSR count). The number of halogens is 2. The summed E-state index contributed by atoms with van der Waals surface area (Å²) in [5.74, 6) is -2.99. The Morgan fingerprint density at radius 2 is 2.11 bits per heavy atom. The minimum Gasteiger partial charge on any atom is -0.483 e. The van der Waals surface area contributed by atoms with E-state index in [0.717, 1.165) is 29.2 Å². The fraction of sp³-hybridized carbons (Fsp3) is 0.400. The van der Waals surface area contributed by atoms with E-state index in [1.807, 2.05) is 6.07 Å². The van der Waals surface area contributed by atoms with Gasteiger partial charge < -0.3 is 9.84 Å². The zero-order valence-corrected chi connectivity index (χ0v) is 15.8. The minimum atomic E-state index is -0.939. The number of aliphatic carboxylic acids is 1. The summed E-state index contributed by atoms with van der Waals surface area (Å²) in [6.07, 6.45) is 4.23. The highest BCUT2D eigenvalue weighted by atomic mass is 32.2. The van der Waals surface area contributed by atoms with E-state index in [1.54, 1.807) is 24.0 Å². The monoisotopic (exact) mass is 393 g/mol. The Hall–Kier alpha value is -2.15. The first kappa shape index (κ1) is 19.6. The third-order valence-corrected chi connectivity index (χ3v) is 5.65. The normalized spacial score (nSPS) is 18.3. The van der Waals surface area contributed by atoms with Gasteiger partial charge >= 0.3 is 5.97 Å². The van der Waals surface area contributed by atoms with Crippen LogP contribution in [0.25, 0.3) is 0 Å². The Balaban J connectivity index is 1.69. The standard InChI is InChI=1S/C20H21F2NO3S/c1-2-3-7-27-19-12(5-4-6-23-19)11-26-18-16(21)8-13(9-17(18)22)14-10-15(14)20(24)25/h4-6,8-9,14-15H,2-3,7,10-11H2,1H3,(H,24,25). The van der Waals surface area contributed by atoms with E-state index < -0.39 is 29.3 Å². The molecule has 2 atom stereocenters. The molecule has 2 aromatic rings. The van der Waals surface area contributed by atoms with Crippen molar-refractivity contribution in [3.8, 4) is 5.75 Å². The summed E-state index contributed by atoms with van der Waals surface area (Å²) in [6, 6.07) is 5.93. The molecule has 0 radical (unpaired) electrons. The van der Waals surface area contributed by atoms with Crippen LogP contribution in [0.15, 0.2) is 35.5 Å². The van der Waals surface area contributed by atoms with Crippen LogP contribution in [0.3, 0.4) is 0 Å². The van der Waals surface area contributed by atoms with Crippen molar-refractivity contribution in [2.75, 3.05) is 5.75 Å². The smallest absolute Gasteiger partial charge is 0.307 e. The van der Waals surface area contributed by atoms with Gasteiger partial charge in [-0.15, -0.1) is 11.8 Å². The number of pyridine rings is 1. The van der Waals surface area contributed by atoms with Gasteiger partial charge in [-0.3, -0.25) is 4.79 Å². The first-order valence-electron chi connectivity index (χ1n) is 8.92.